The first-order valence-corrected chi connectivity index (χ1v) is 8.32. The van der Waals surface area contributed by atoms with Crippen molar-refractivity contribution in [2.75, 3.05) is 13.2 Å². The molecule has 2 aromatic carbocycles. The van der Waals surface area contributed by atoms with Crippen LogP contribution in [0.15, 0.2) is 42.5 Å². The molecule has 0 fully saturated rings. The largest absolute Gasteiger partial charge is 0.486 e. The average Bonchev–Trinajstić information content (AvgIpc) is 2.55. The van der Waals surface area contributed by atoms with Gasteiger partial charge in [0.25, 0.3) is 0 Å². The molecule has 1 unspecified atom stereocenters. The van der Waals surface area contributed by atoms with E-state index in [4.69, 9.17) is 9.47 Å². The number of rotatable bonds is 4. The van der Waals surface area contributed by atoms with Gasteiger partial charge in [0.05, 0.1) is 4.83 Å². The Morgan fingerprint density at radius 2 is 1.62 bits per heavy atom. The number of aryl methyl sites for hydroxylation is 1. The van der Waals surface area contributed by atoms with Crippen LogP contribution in [-0.4, -0.2) is 13.2 Å². The van der Waals surface area contributed by atoms with E-state index in [0.29, 0.717) is 13.2 Å². The highest BCUT2D eigenvalue weighted by Gasteiger charge is 2.16. The smallest absolute Gasteiger partial charge is 0.161 e. The molecule has 1 atom stereocenters. The summed E-state index contributed by atoms with van der Waals surface area (Å²) in [6.07, 6.45) is 2.32. The monoisotopic (exact) mass is 346 g/mol. The van der Waals surface area contributed by atoms with E-state index in [1.54, 1.807) is 0 Å². The summed E-state index contributed by atoms with van der Waals surface area (Å²) in [5.41, 5.74) is 3.83. The Balaban J connectivity index is 1.82. The van der Waals surface area contributed by atoms with Gasteiger partial charge in [0, 0.05) is 0 Å². The molecule has 3 heteroatoms. The molecule has 2 nitrogen and oxygen atoms in total. The average molecular weight is 347 g/mol. The lowest BCUT2D eigenvalue weighted by atomic mass is 10.0. The molecule has 0 N–H and O–H groups in total. The summed E-state index contributed by atoms with van der Waals surface area (Å²) in [5, 5.41) is 0. The maximum Gasteiger partial charge on any atom is 0.161 e. The molecular formula is C18H19BrO2. The Bertz CT molecular complexity index is 607. The molecule has 1 aliphatic heterocycles. The number of alkyl halides is 1. The molecule has 21 heavy (non-hydrogen) atoms. The third kappa shape index (κ3) is 3.24. The van der Waals surface area contributed by atoms with Crippen LogP contribution in [0.2, 0.25) is 0 Å². The van der Waals surface area contributed by atoms with Gasteiger partial charge in [-0.2, -0.15) is 0 Å². The van der Waals surface area contributed by atoms with Crippen LogP contribution < -0.4 is 9.47 Å². The van der Waals surface area contributed by atoms with Crippen LogP contribution in [0.3, 0.4) is 0 Å². The molecule has 0 saturated heterocycles. The number of ether oxygens (including phenoxy) is 2. The van der Waals surface area contributed by atoms with Crippen molar-refractivity contribution in [3.63, 3.8) is 0 Å². The zero-order chi connectivity index (χ0) is 14.7. The molecule has 0 radical (unpaired) electrons. The van der Waals surface area contributed by atoms with E-state index in [2.05, 4.69) is 59.3 Å². The van der Waals surface area contributed by atoms with Crippen LogP contribution in [0.4, 0.5) is 0 Å². The molecule has 1 heterocycles. The Labute approximate surface area is 134 Å². The van der Waals surface area contributed by atoms with Crippen molar-refractivity contribution >= 4 is 15.9 Å². The summed E-state index contributed by atoms with van der Waals surface area (Å²) in [6, 6.07) is 15.0. The fourth-order valence-electron chi connectivity index (χ4n) is 2.55. The van der Waals surface area contributed by atoms with E-state index in [1.807, 2.05) is 6.07 Å². The Kier molecular flexibility index (Phi) is 4.49. The second-order valence-corrected chi connectivity index (χ2v) is 6.17. The van der Waals surface area contributed by atoms with Gasteiger partial charge in [-0.1, -0.05) is 59.6 Å². The van der Waals surface area contributed by atoms with Crippen LogP contribution in [0.5, 0.6) is 11.5 Å². The quantitative estimate of drug-likeness (QED) is 0.733. The van der Waals surface area contributed by atoms with Crippen molar-refractivity contribution in [3.05, 3.63) is 59.2 Å². The van der Waals surface area contributed by atoms with Crippen LogP contribution in [-0.2, 0) is 6.42 Å². The standard InChI is InChI=1S/C18H19BrO2/c1-2-3-13-4-6-14(7-5-13)18(19)15-8-9-16-17(12-15)21-11-10-20-16/h4-9,12,18H,2-3,10-11H2,1H3. The fourth-order valence-corrected chi connectivity index (χ4v) is 3.14. The fraction of sp³-hybridized carbons (Fsp3) is 0.333. The van der Waals surface area contributed by atoms with Crippen LogP contribution in [0, 0.1) is 0 Å². The molecule has 0 amide bonds. The first-order valence-electron chi connectivity index (χ1n) is 7.40. The molecule has 110 valence electrons. The minimum atomic E-state index is 0.170. The predicted molar refractivity (Wildman–Crippen MR) is 88.6 cm³/mol. The van der Waals surface area contributed by atoms with Crippen molar-refractivity contribution in [1.29, 1.82) is 0 Å². The Morgan fingerprint density at radius 1 is 0.952 bits per heavy atom. The van der Waals surface area contributed by atoms with E-state index in [0.717, 1.165) is 17.9 Å². The van der Waals surface area contributed by atoms with Crippen LogP contribution in [0.25, 0.3) is 0 Å². The van der Waals surface area contributed by atoms with Gasteiger partial charge in [-0.3, -0.25) is 0 Å². The molecule has 1 aliphatic rings. The first-order chi connectivity index (χ1) is 10.3. The van der Waals surface area contributed by atoms with Gasteiger partial charge in [-0.15, -0.1) is 0 Å². The molecule has 0 bridgehead atoms. The predicted octanol–water partition coefficient (Wildman–Crippen LogP) is 4.89. The van der Waals surface area contributed by atoms with Crippen molar-refractivity contribution in [3.8, 4) is 11.5 Å². The van der Waals surface area contributed by atoms with Gasteiger partial charge < -0.3 is 9.47 Å². The van der Waals surface area contributed by atoms with Gasteiger partial charge in [0.1, 0.15) is 13.2 Å². The minimum Gasteiger partial charge on any atom is -0.486 e. The second-order valence-electron chi connectivity index (χ2n) is 5.26. The SMILES string of the molecule is CCCc1ccc(C(Br)c2ccc3c(c2)OCCO3)cc1. The summed E-state index contributed by atoms with van der Waals surface area (Å²) in [6.45, 7) is 3.45. The van der Waals surface area contributed by atoms with E-state index >= 15 is 0 Å². The molecule has 0 aliphatic carbocycles. The molecule has 0 spiro atoms. The molecule has 2 aromatic rings. The van der Waals surface area contributed by atoms with E-state index in [-0.39, 0.29) is 4.83 Å². The van der Waals surface area contributed by atoms with Crippen LogP contribution >= 0.6 is 15.9 Å². The molecule has 3 rings (SSSR count). The van der Waals surface area contributed by atoms with E-state index in [1.165, 1.54) is 23.1 Å². The highest BCUT2D eigenvalue weighted by Crippen LogP contribution is 2.37. The maximum absolute atomic E-state index is 5.66. The molecule has 0 saturated carbocycles. The summed E-state index contributed by atoms with van der Waals surface area (Å²) in [5.74, 6) is 1.67. The van der Waals surface area contributed by atoms with Crippen molar-refractivity contribution in [2.24, 2.45) is 0 Å². The highest BCUT2D eigenvalue weighted by molar-refractivity contribution is 9.09. The van der Waals surface area contributed by atoms with Gasteiger partial charge in [-0.05, 0) is 35.2 Å². The summed E-state index contributed by atoms with van der Waals surface area (Å²) < 4.78 is 11.2. The Morgan fingerprint density at radius 3 is 2.33 bits per heavy atom. The van der Waals surface area contributed by atoms with E-state index in [9.17, 15) is 0 Å². The first kappa shape index (κ1) is 14.5. The summed E-state index contributed by atoms with van der Waals surface area (Å²) >= 11 is 3.79. The lowest BCUT2D eigenvalue weighted by molar-refractivity contribution is 0.171. The number of halogens is 1. The van der Waals surface area contributed by atoms with Gasteiger partial charge in [-0.25, -0.2) is 0 Å². The second kappa shape index (κ2) is 6.52. The summed E-state index contributed by atoms with van der Waals surface area (Å²) in [4.78, 5) is 0.170. The highest BCUT2D eigenvalue weighted by atomic mass is 79.9. The van der Waals surface area contributed by atoms with E-state index < -0.39 is 0 Å². The number of hydrogen-bond donors (Lipinski definition) is 0. The normalized spacial score (nSPS) is 14.8. The minimum absolute atomic E-state index is 0.170. The third-order valence-electron chi connectivity index (χ3n) is 3.67. The molecule has 0 aromatic heterocycles. The number of fused-ring (bicyclic) bond motifs is 1. The molecular weight excluding hydrogens is 328 g/mol. The zero-order valence-corrected chi connectivity index (χ0v) is 13.7. The zero-order valence-electron chi connectivity index (χ0n) is 12.1. The lowest BCUT2D eigenvalue weighted by Gasteiger charge is -2.20. The van der Waals surface area contributed by atoms with Crippen molar-refractivity contribution < 1.29 is 9.47 Å². The third-order valence-corrected chi connectivity index (χ3v) is 4.73. The van der Waals surface area contributed by atoms with Crippen molar-refractivity contribution in [2.45, 2.75) is 24.6 Å². The lowest BCUT2D eigenvalue weighted by Crippen LogP contribution is -2.15. The topological polar surface area (TPSA) is 18.5 Å². The maximum atomic E-state index is 5.66. The summed E-state index contributed by atoms with van der Waals surface area (Å²) in [7, 11) is 0. The number of hydrogen-bond acceptors (Lipinski definition) is 2. The van der Waals surface area contributed by atoms with Gasteiger partial charge in [0.15, 0.2) is 11.5 Å². The van der Waals surface area contributed by atoms with Crippen molar-refractivity contribution in [1.82, 2.24) is 0 Å². The van der Waals surface area contributed by atoms with Gasteiger partial charge in [0.2, 0.25) is 0 Å². The van der Waals surface area contributed by atoms with Gasteiger partial charge >= 0.3 is 0 Å². The van der Waals surface area contributed by atoms with Crippen LogP contribution in [0.1, 0.15) is 34.9 Å². The Hall–Kier alpha value is -1.48. The number of benzene rings is 2.